The highest BCUT2D eigenvalue weighted by atomic mass is 16.5. The van der Waals surface area contributed by atoms with Crippen molar-refractivity contribution >= 4 is 0 Å². The van der Waals surface area contributed by atoms with Crippen molar-refractivity contribution in [3.8, 4) is 11.4 Å². The first-order valence-electron chi connectivity index (χ1n) is 2.76. The van der Waals surface area contributed by atoms with E-state index in [0.29, 0.717) is 11.4 Å². The Labute approximate surface area is 56.5 Å². The highest BCUT2D eigenvalue weighted by Gasteiger charge is 2.01. The zero-order chi connectivity index (χ0) is 6.81. The minimum Gasteiger partial charge on any atom is -0.451 e. The van der Waals surface area contributed by atoms with Gasteiger partial charge >= 0.3 is 0 Å². The number of aromatic nitrogens is 2. The molecule has 0 bridgehead atoms. The molecule has 0 fully saturated rings. The summed E-state index contributed by atoms with van der Waals surface area (Å²) in [5.41, 5.74) is 1.38. The van der Waals surface area contributed by atoms with Crippen LogP contribution in [0.2, 0.25) is 0 Å². The van der Waals surface area contributed by atoms with Crippen LogP contribution in [-0.2, 0) is 0 Å². The fraction of sp³-hybridized carbons (Fsp3) is 0. The molecule has 0 spiro atoms. The molecule has 2 aromatic heterocycles. The summed E-state index contributed by atoms with van der Waals surface area (Å²) in [6.07, 6.45) is 4.35. The summed E-state index contributed by atoms with van der Waals surface area (Å²) in [5.74, 6) is 0. The highest BCUT2D eigenvalue weighted by molar-refractivity contribution is 5.49. The van der Waals surface area contributed by atoms with Gasteiger partial charge in [-0.05, 0) is 0 Å². The van der Waals surface area contributed by atoms with Crippen LogP contribution in [0.5, 0.6) is 0 Å². The Morgan fingerprint density at radius 2 is 2.30 bits per heavy atom. The first-order chi connectivity index (χ1) is 4.97. The number of hydrogen-bond acceptors (Lipinski definition) is 4. The maximum absolute atomic E-state index is 4.75. The first kappa shape index (κ1) is 5.22. The van der Waals surface area contributed by atoms with Crippen LogP contribution < -0.4 is 0 Å². The molecule has 4 nitrogen and oxygen atoms in total. The van der Waals surface area contributed by atoms with Crippen molar-refractivity contribution in [2.75, 3.05) is 0 Å². The fourth-order valence-electron chi connectivity index (χ4n) is 0.684. The van der Waals surface area contributed by atoms with E-state index >= 15 is 0 Å². The lowest BCUT2D eigenvalue weighted by molar-refractivity contribution is 0.422. The summed E-state index contributed by atoms with van der Waals surface area (Å²) in [6.45, 7) is 0. The largest absolute Gasteiger partial charge is 0.451 e. The van der Waals surface area contributed by atoms with Gasteiger partial charge in [-0.15, -0.1) is 0 Å². The Bertz CT molecular complexity index is 253. The van der Waals surface area contributed by atoms with E-state index in [2.05, 4.69) is 14.7 Å². The van der Waals surface area contributed by atoms with E-state index in [1.165, 1.54) is 18.9 Å². The van der Waals surface area contributed by atoms with Gasteiger partial charge in [0.1, 0.15) is 23.9 Å². The van der Waals surface area contributed by atoms with Gasteiger partial charge in [-0.1, -0.05) is 5.16 Å². The predicted molar refractivity (Wildman–Crippen MR) is 32.0 cm³/mol. The molecule has 0 aromatic carbocycles. The number of nitrogens with zero attached hydrogens (tertiary/aromatic N) is 2. The topological polar surface area (TPSA) is 52.1 Å². The average Bonchev–Trinajstić information content (AvgIpc) is 2.59. The molecule has 0 unspecified atom stereocenters. The lowest BCUT2D eigenvalue weighted by atomic mass is 10.3. The molecule has 4 heteroatoms. The van der Waals surface area contributed by atoms with Crippen LogP contribution in [0.25, 0.3) is 11.4 Å². The second kappa shape index (κ2) is 1.98. The Hall–Kier alpha value is -1.58. The van der Waals surface area contributed by atoms with Gasteiger partial charge in [0, 0.05) is 6.07 Å². The van der Waals surface area contributed by atoms with Gasteiger partial charge in [0.15, 0.2) is 6.39 Å². The molecule has 0 saturated carbocycles. The summed E-state index contributed by atoms with van der Waals surface area (Å²) in [4.78, 5) is 3.87. The summed E-state index contributed by atoms with van der Waals surface area (Å²) < 4.78 is 9.35. The third-order valence-electron chi connectivity index (χ3n) is 1.13. The second-order valence-corrected chi connectivity index (χ2v) is 1.76. The smallest absolute Gasteiger partial charge is 0.181 e. The first-order valence-corrected chi connectivity index (χ1v) is 2.76. The molecule has 0 aliphatic carbocycles. The number of oxazole rings is 1. The highest BCUT2D eigenvalue weighted by Crippen LogP contribution is 2.12. The van der Waals surface area contributed by atoms with Crippen LogP contribution in [0.4, 0.5) is 0 Å². The minimum absolute atomic E-state index is 0.689. The van der Waals surface area contributed by atoms with Gasteiger partial charge in [0.2, 0.25) is 0 Å². The Morgan fingerprint density at radius 3 is 2.90 bits per heavy atom. The fourth-order valence-corrected chi connectivity index (χ4v) is 0.684. The second-order valence-electron chi connectivity index (χ2n) is 1.76. The monoisotopic (exact) mass is 136 g/mol. The van der Waals surface area contributed by atoms with Gasteiger partial charge in [-0.3, -0.25) is 0 Å². The van der Waals surface area contributed by atoms with Crippen molar-refractivity contribution in [3.05, 3.63) is 25.0 Å². The van der Waals surface area contributed by atoms with Gasteiger partial charge in [0.05, 0.1) is 0 Å². The molecule has 0 N–H and O–H groups in total. The van der Waals surface area contributed by atoms with Crippen molar-refractivity contribution < 1.29 is 8.94 Å². The Kier molecular flexibility index (Phi) is 1.04. The van der Waals surface area contributed by atoms with E-state index in [1.807, 2.05) is 0 Å². The average molecular weight is 136 g/mol. The quantitative estimate of drug-likeness (QED) is 0.593. The molecule has 0 radical (unpaired) electrons. The number of rotatable bonds is 1. The van der Waals surface area contributed by atoms with Crippen molar-refractivity contribution in [2.45, 2.75) is 0 Å². The van der Waals surface area contributed by atoms with Crippen LogP contribution in [0.3, 0.4) is 0 Å². The maximum Gasteiger partial charge on any atom is 0.181 e. The Balaban J connectivity index is 2.48. The Morgan fingerprint density at radius 1 is 1.30 bits per heavy atom. The van der Waals surface area contributed by atoms with E-state index in [4.69, 9.17) is 4.42 Å². The van der Waals surface area contributed by atoms with Gasteiger partial charge in [-0.25, -0.2) is 4.98 Å². The SMILES string of the molecule is c1nc(-c2ccon2)co1. The van der Waals surface area contributed by atoms with Crippen LogP contribution in [0.15, 0.2) is 33.9 Å². The van der Waals surface area contributed by atoms with E-state index < -0.39 is 0 Å². The molecular weight excluding hydrogens is 132 g/mol. The zero-order valence-electron chi connectivity index (χ0n) is 5.02. The van der Waals surface area contributed by atoms with Crippen molar-refractivity contribution in [2.24, 2.45) is 0 Å². The lowest BCUT2D eigenvalue weighted by Gasteiger charge is -1.78. The van der Waals surface area contributed by atoms with Gasteiger partial charge in [0.25, 0.3) is 0 Å². The van der Waals surface area contributed by atoms with E-state index in [9.17, 15) is 0 Å². The minimum atomic E-state index is 0.689. The molecule has 0 saturated heterocycles. The molecule has 10 heavy (non-hydrogen) atoms. The third-order valence-corrected chi connectivity index (χ3v) is 1.13. The standard InChI is InChI=1S/C6H4N2O2/c1-2-10-8-5(1)6-3-9-4-7-6/h1-4H. The van der Waals surface area contributed by atoms with Crippen LogP contribution in [-0.4, -0.2) is 10.1 Å². The number of hydrogen-bond donors (Lipinski definition) is 0. The molecule has 50 valence electrons. The van der Waals surface area contributed by atoms with Crippen LogP contribution >= 0.6 is 0 Å². The summed E-state index contributed by atoms with van der Waals surface area (Å²) in [6, 6.07) is 1.72. The molecule has 0 amide bonds. The van der Waals surface area contributed by atoms with E-state index in [-0.39, 0.29) is 0 Å². The summed E-state index contributed by atoms with van der Waals surface area (Å²) in [5, 5.41) is 3.66. The molecule has 0 aliphatic rings. The third kappa shape index (κ3) is 0.699. The molecule has 0 aliphatic heterocycles. The van der Waals surface area contributed by atoms with E-state index in [1.54, 1.807) is 6.07 Å². The van der Waals surface area contributed by atoms with E-state index in [0.717, 1.165) is 0 Å². The van der Waals surface area contributed by atoms with Crippen LogP contribution in [0, 0.1) is 0 Å². The molecule has 2 heterocycles. The van der Waals surface area contributed by atoms with Gasteiger partial charge in [-0.2, -0.15) is 0 Å². The molecular formula is C6H4N2O2. The van der Waals surface area contributed by atoms with Crippen LogP contribution in [0.1, 0.15) is 0 Å². The summed E-state index contributed by atoms with van der Waals surface area (Å²) >= 11 is 0. The molecule has 0 atom stereocenters. The molecule has 2 aromatic rings. The maximum atomic E-state index is 4.75. The summed E-state index contributed by atoms with van der Waals surface area (Å²) in [7, 11) is 0. The van der Waals surface area contributed by atoms with Crippen molar-refractivity contribution in [1.29, 1.82) is 0 Å². The van der Waals surface area contributed by atoms with Gasteiger partial charge < -0.3 is 8.94 Å². The molecule has 2 rings (SSSR count). The normalized spacial score (nSPS) is 10.0. The predicted octanol–water partition coefficient (Wildman–Crippen LogP) is 1.33. The lowest BCUT2D eigenvalue weighted by Crippen LogP contribution is -1.72. The zero-order valence-corrected chi connectivity index (χ0v) is 5.02. The van der Waals surface area contributed by atoms with Crippen molar-refractivity contribution in [1.82, 2.24) is 10.1 Å². The van der Waals surface area contributed by atoms with Crippen molar-refractivity contribution in [3.63, 3.8) is 0 Å².